The topological polar surface area (TPSA) is 71.1 Å². The van der Waals surface area contributed by atoms with Crippen molar-refractivity contribution in [2.45, 2.75) is 32.4 Å². The summed E-state index contributed by atoms with van der Waals surface area (Å²) in [7, 11) is 0. The van der Waals surface area contributed by atoms with Crippen LogP contribution >= 0.6 is 22.9 Å². The molecule has 1 aliphatic rings. The van der Waals surface area contributed by atoms with Crippen molar-refractivity contribution in [3.8, 4) is 10.6 Å². The Morgan fingerprint density at radius 3 is 2.41 bits per heavy atom. The molecule has 2 N–H and O–H groups in total. The van der Waals surface area contributed by atoms with Crippen molar-refractivity contribution in [2.75, 3.05) is 0 Å². The molecule has 1 aliphatic carbocycles. The van der Waals surface area contributed by atoms with Crippen LogP contribution in [0.25, 0.3) is 10.6 Å². The first-order chi connectivity index (χ1) is 14.0. The number of nitrogens with zero attached hydrogens (tertiary/aromatic N) is 1. The predicted molar refractivity (Wildman–Crippen MR) is 115 cm³/mol. The van der Waals surface area contributed by atoms with Crippen LogP contribution in [0, 0.1) is 6.92 Å². The van der Waals surface area contributed by atoms with Crippen LogP contribution < -0.4 is 10.6 Å². The van der Waals surface area contributed by atoms with Gasteiger partial charge >= 0.3 is 0 Å². The summed E-state index contributed by atoms with van der Waals surface area (Å²) in [6.07, 6.45) is 2.12. The smallest absolute Gasteiger partial charge is 0.263 e. The third-order valence-electron chi connectivity index (χ3n) is 4.68. The molecule has 3 aromatic rings. The van der Waals surface area contributed by atoms with Crippen LogP contribution in [-0.4, -0.2) is 22.8 Å². The predicted octanol–water partition coefficient (Wildman–Crippen LogP) is 4.59. The highest BCUT2D eigenvalue weighted by Gasteiger charge is 2.23. The normalized spacial score (nSPS) is 13.2. The van der Waals surface area contributed by atoms with E-state index >= 15 is 0 Å². The first kappa shape index (κ1) is 19.6. The van der Waals surface area contributed by atoms with Crippen molar-refractivity contribution in [2.24, 2.45) is 0 Å². The van der Waals surface area contributed by atoms with Crippen molar-refractivity contribution < 1.29 is 9.59 Å². The van der Waals surface area contributed by atoms with E-state index in [1.54, 1.807) is 12.1 Å². The zero-order chi connectivity index (χ0) is 20.4. The number of amides is 2. The van der Waals surface area contributed by atoms with Crippen LogP contribution in [0.2, 0.25) is 5.02 Å². The lowest BCUT2D eigenvalue weighted by molar-refractivity contribution is 0.0943. The summed E-state index contributed by atoms with van der Waals surface area (Å²) in [6.45, 7) is 2.22. The molecule has 2 amide bonds. The van der Waals surface area contributed by atoms with E-state index in [9.17, 15) is 9.59 Å². The van der Waals surface area contributed by atoms with E-state index in [2.05, 4.69) is 15.6 Å². The maximum atomic E-state index is 12.6. The monoisotopic (exact) mass is 425 g/mol. The van der Waals surface area contributed by atoms with E-state index in [4.69, 9.17) is 11.6 Å². The Morgan fingerprint density at radius 2 is 1.76 bits per heavy atom. The molecule has 0 bridgehead atoms. The van der Waals surface area contributed by atoms with Gasteiger partial charge in [0.2, 0.25) is 0 Å². The average molecular weight is 426 g/mol. The van der Waals surface area contributed by atoms with Gasteiger partial charge in [0.1, 0.15) is 9.88 Å². The van der Waals surface area contributed by atoms with Crippen molar-refractivity contribution in [3.05, 3.63) is 75.3 Å². The van der Waals surface area contributed by atoms with Gasteiger partial charge in [0.15, 0.2) is 0 Å². The summed E-state index contributed by atoms with van der Waals surface area (Å²) >= 11 is 7.29. The molecule has 0 saturated heterocycles. The maximum Gasteiger partial charge on any atom is 0.263 e. The van der Waals surface area contributed by atoms with Crippen LogP contribution in [0.3, 0.4) is 0 Å². The second-order valence-corrected chi connectivity index (χ2v) is 8.50. The minimum absolute atomic E-state index is 0.0434. The fourth-order valence-electron chi connectivity index (χ4n) is 2.86. The molecule has 148 valence electrons. The molecule has 5 nitrogen and oxygen atoms in total. The maximum absolute atomic E-state index is 12.6. The molecule has 0 atom stereocenters. The summed E-state index contributed by atoms with van der Waals surface area (Å²) in [5.74, 6) is -0.200. The van der Waals surface area contributed by atoms with Crippen LogP contribution in [-0.2, 0) is 6.54 Å². The van der Waals surface area contributed by atoms with Gasteiger partial charge in [-0.2, -0.15) is 0 Å². The van der Waals surface area contributed by atoms with Crippen molar-refractivity contribution >= 4 is 34.8 Å². The highest BCUT2D eigenvalue weighted by molar-refractivity contribution is 7.17. The summed E-state index contributed by atoms with van der Waals surface area (Å²) < 4.78 is 0. The molecule has 0 aliphatic heterocycles. The van der Waals surface area contributed by atoms with E-state index in [1.807, 2.05) is 43.3 Å². The van der Waals surface area contributed by atoms with Crippen LogP contribution in [0.4, 0.5) is 0 Å². The molecular formula is C22H20ClN3O2S. The van der Waals surface area contributed by atoms with E-state index in [0.29, 0.717) is 33.7 Å². The highest BCUT2D eigenvalue weighted by Crippen LogP contribution is 2.28. The number of thiazole rings is 1. The molecule has 0 radical (unpaired) electrons. The standard InChI is InChI=1S/C22H20ClN3O2S/c1-13-19(29-22(25-13)16-6-8-17(23)9-7-16)21(28)24-12-14-2-4-15(5-3-14)20(27)26-18-10-11-18/h2-9,18H,10-12H2,1H3,(H,24,28)(H,26,27). The Bertz CT molecular complexity index is 1040. The Morgan fingerprint density at radius 1 is 1.07 bits per heavy atom. The van der Waals surface area contributed by atoms with Gasteiger partial charge in [0.05, 0.1) is 5.69 Å². The van der Waals surface area contributed by atoms with E-state index in [0.717, 1.165) is 29.0 Å². The van der Waals surface area contributed by atoms with Gasteiger partial charge in [0, 0.05) is 28.7 Å². The molecule has 7 heteroatoms. The fraction of sp³-hybridized carbons (Fsp3) is 0.227. The quantitative estimate of drug-likeness (QED) is 0.606. The molecule has 1 heterocycles. The minimum atomic E-state index is -0.157. The molecule has 1 saturated carbocycles. The SMILES string of the molecule is Cc1nc(-c2ccc(Cl)cc2)sc1C(=O)NCc1ccc(C(=O)NC2CC2)cc1. The van der Waals surface area contributed by atoms with Gasteiger partial charge in [-0.25, -0.2) is 4.98 Å². The molecule has 0 spiro atoms. The van der Waals surface area contributed by atoms with E-state index in [-0.39, 0.29) is 11.8 Å². The zero-order valence-electron chi connectivity index (χ0n) is 15.9. The van der Waals surface area contributed by atoms with E-state index < -0.39 is 0 Å². The number of aromatic nitrogens is 1. The fourth-order valence-corrected chi connectivity index (χ4v) is 3.97. The summed E-state index contributed by atoms with van der Waals surface area (Å²) in [6, 6.07) is 15.0. The van der Waals surface area contributed by atoms with E-state index in [1.165, 1.54) is 11.3 Å². The van der Waals surface area contributed by atoms with Crippen molar-refractivity contribution in [1.29, 1.82) is 0 Å². The number of rotatable bonds is 6. The Balaban J connectivity index is 1.38. The summed E-state index contributed by atoms with van der Waals surface area (Å²) in [4.78, 5) is 29.8. The zero-order valence-corrected chi connectivity index (χ0v) is 17.4. The minimum Gasteiger partial charge on any atom is -0.349 e. The number of hydrogen-bond donors (Lipinski definition) is 2. The summed E-state index contributed by atoms with van der Waals surface area (Å²) in [5, 5.41) is 7.35. The van der Waals surface area contributed by atoms with Crippen molar-refractivity contribution in [1.82, 2.24) is 15.6 Å². The van der Waals surface area contributed by atoms with Crippen molar-refractivity contribution in [3.63, 3.8) is 0 Å². The van der Waals surface area contributed by atoms with Gasteiger partial charge in [-0.15, -0.1) is 11.3 Å². The molecule has 4 rings (SSSR count). The largest absolute Gasteiger partial charge is 0.349 e. The van der Waals surface area contributed by atoms with Crippen LogP contribution in [0.15, 0.2) is 48.5 Å². The number of benzene rings is 2. The highest BCUT2D eigenvalue weighted by atomic mass is 35.5. The summed E-state index contributed by atoms with van der Waals surface area (Å²) in [5.41, 5.74) is 3.20. The second kappa shape index (κ2) is 8.35. The molecule has 29 heavy (non-hydrogen) atoms. The van der Waals surface area contributed by atoms with Gasteiger partial charge in [-0.3, -0.25) is 9.59 Å². The number of carbonyl (C=O) groups is 2. The number of hydrogen-bond acceptors (Lipinski definition) is 4. The third kappa shape index (κ3) is 4.83. The van der Waals surface area contributed by atoms with Gasteiger partial charge in [-0.05, 0) is 49.6 Å². The molecular weight excluding hydrogens is 406 g/mol. The average Bonchev–Trinajstić information content (AvgIpc) is 3.45. The molecule has 1 aromatic heterocycles. The van der Waals surface area contributed by atoms with Gasteiger partial charge in [0.25, 0.3) is 11.8 Å². The Labute approximate surface area is 178 Å². The third-order valence-corrected chi connectivity index (χ3v) is 6.13. The first-order valence-electron chi connectivity index (χ1n) is 9.41. The number of nitrogens with one attached hydrogen (secondary N) is 2. The molecule has 0 unspecified atom stereocenters. The lowest BCUT2D eigenvalue weighted by Crippen LogP contribution is -2.25. The number of halogens is 1. The van der Waals surface area contributed by atoms with Crippen LogP contribution in [0.5, 0.6) is 0 Å². The first-order valence-corrected chi connectivity index (χ1v) is 10.6. The van der Waals surface area contributed by atoms with Crippen LogP contribution in [0.1, 0.15) is 44.1 Å². The van der Waals surface area contributed by atoms with Gasteiger partial charge in [-0.1, -0.05) is 35.9 Å². The lowest BCUT2D eigenvalue weighted by atomic mass is 10.1. The Hall–Kier alpha value is -2.70. The Kier molecular flexibility index (Phi) is 5.65. The number of aryl methyl sites for hydroxylation is 1. The van der Waals surface area contributed by atoms with Gasteiger partial charge < -0.3 is 10.6 Å². The molecule has 2 aromatic carbocycles. The molecule has 1 fully saturated rings. The second-order valence-electron chi connectivity index (χ2n) is 7.07. The number of carbonyl (C=O) groups excluding carboxylic acids is 2. The lowest BCUT2D eigenvalue weighted by Gasteiger charge is -2.06.